The highest BCUT2D eigenvalue weighted by molar-refractivity contribution is 6.08. The average Bonchev–Trinajstić information content (AvgIpc) is 2.69. The Bertz CT molecular complexity index is 626. The minimum atomic E-state index is -0.964. The van der Waals surface area contributed by atoms with E-state index >= 15 is 0 Å². The van der Waals surface area contributed by atoms with Gasteiger partial charge in [0.15, 0.2) is 0 Å². The van der Waals surface area contributed by atoms with Gasteiger partial charge in [-0.3, -0.25) is 14.5 Å². The predicted octanol–water partition coefficient (Wildman–Crippen LogP) is 2.22. The van der Waals surface area contributed by atoms with Gasteiger partial charge < -0.3 is 10.6 Å². The third-order valence-electron chi connectivity index (χ3n) is 3.99. The van der Waals surface area contributed by atoms with Crippen LogP contribution in [0, 0.1) is 5.92 Å². The van der Waals surface area contributed by atoms with Crippen LogP contribution in [-0.4, -0.2) is 34.8 Å². The van der Waals surface area contributed by atoms with E-state index in [4.69, 9.17) is 0 Å². The molecule has 0 spiro atoms. The molecule has 1 heterocycles. The maximum Gasteiger partial charge on any atom is 0.325 e. The summed E-state index contributed by atoms with van der Waals surface area (Å²) in [6.07, 6.45) is 0.779. The minimum Gasteiger partial charge on any atom is -0.348 e. The zero-order chi connectivity index (χ0) is 17.9. The number of amides is 4. The topological polar surface area (TPSA) is 78.5 Å². The number of urea groups is 1. The fourth-order valence-corrected chi connectivity index (χ4v) is 2.78. The minimum absolute atomic E-state index is 0.146. The molecule has 0 unspecified atom stereocenters. The second kappa shape index (κ2) is 7.03. The Balaban J connectivity index is 2.06. The van der Waals surface area contributed by atoms with Gasteiger partial charge in [-0.15, -0.1) is 0 Å². The Morgan fingerprint density at radius 2 is 1.83 bits per heavy atom. The van der Waals surface area contributed by atoms with Gasteiger partial charge in [0.2, 0.25) is 5.91 Å². The highest BCUT2D eigenvalue weighted by Gasteiger charge is 2.44. The molecular weight excluding hydrogens is 306 g/mol. The van der Waals surface area contributed by atoms with Crippen molar-refractivity contribution >= 4 is 17.8 Å². The summed E-state index contributed by atoms with van der Waals surface area (Å²) in [5.41, 5.74) is 0.0470. The first-order chi connectivity index (χ1) is 11.2. The van der Waals surface area contributed by atoms with Crippen molar-refractivity contribution in [2.45, 2.75) is 45.7 Å². The fraction of sp³-hybridized carbons (Fsp3) is 0.500. The molecule has 0 bridgehead atoms. The lowest BCUT2D eigenvalue weighted by Crippen LogP contribution is -2.43. The summed E-state index contributed by atoms with van der Waals surface area (Å²) in [5.74, 6) is -0.334. The number of nitrogens with one attached hydrogen (secondary N) is 2. The van der Waals surface area contributed by atoms with Gasteiger partial charge in [-0.2, -0.15) is 0 Å². The van der Waals surface area contributed by atoms with E-state index in [9.17, 15) is 14.4 Å². The van der Waals surface area contributed by atoms with E-state index in [1.54, 1.807) is 13.8 Å². The van der Waals surface area contributed by atoms with E-state index in [2.05, 4.69) is 24.5 Å². The van der Waals surface area contributed by atoms with E-state index in [1.165, 1.54) is 0 Å². The second-order valence-corrected chi connectivity index (χ2v) is 7.11. The van der Waals surface area contributed by atoms with Crippen LogP contribution in [0.3, 0.4) is 0 Å². The summed E-state index contributed by atoms with van der Waals surface area (Å²) in [6.45, 7) is 7.15. The SMILES string of the molecule is CC(C)C[C@H](NC(=O)CN1C(=O)NC(C)(C)C1=O)c1ccccc1. The van der Waals surface area contributed by atoms with Crippen LogP contribution in [-0.2, 0) is 9.59 Å². The van der Waals surface area contributed by atoms with Gasteiger partial charge in [-0.05, 0) is 31.7 Å². The molecule has 1 fully saturated rings. The smallest absolute Gasteiger partial charge is 0.325 e. The van der Waals surface area contributed by atoms with Crippen LogP contribution >= 0.6 is 0 Å². The third-order valence-corrected chi connectivity index (χ3v) is 3.99. The normalized spacial score (nSPS) is 17.8. The summed E-state index contributed by atoms with van der Waals surface area (Å²) in [7, 11) is 0. The molecule has 1 aromatic carbocycles. The Hall–Kier alpha value is -2.37. The van der Waals surface area contributed by atoms with Crippen molar-refractivity contribution in [2.24, 2.45) is 5.92 Å². The van der Waals surface area contributed by atoms with E-state index in [0.29, 0.717) is 5.92 Å². The molecule has 1 aliphatic heterocycles. The van der Waals surface area contributed by atoms with E-state index < -0.39 is 11.6 Å². The van der Waals surface area contributed by atoms with Gasteiger partial charge in [-0.1, -0.05) is 44.2 Å². The van der Waals surface area contributed by atoms with Crippen LogP contribution in [0.15, 0.2) is 30.3 Å². The molecule has 1 saturated heterocycles. The molecule has 0 aliphatic carbocycles. The van der Waals surface area contributed by atoms with E-state index in [0.717, 1.165) is 16.9 Å². The molecule has 2 N–H and O–H groups in total. The lowest BCUT2D eigenvalue weighted by Gasteiger charge is -2.22. The molecule has 0 saturated carbocycles. The molecule has 1 atom stereocenters. The van der Waals surface area contributed by atoms with Crippen LogP contribution in [0.2, 0.25) is 0 Å². The maximum atomic E-state index is 12.4. The monoisotopic (exact) mass is 331 g/mol. The van der Waals surface area contributed by atoms with Crippen molar-refractivity contribution in [2.75, 3.05) is 6.54 Å². The van der Waals surface area contributed by atoms with E-state index in [1.807, 2.05) is 30.3 Å². The number of imide groups is 1. The number of nitrogens with zero attached hydrogens (tertiary/aromatic N) is 1. The molecular formula is C18H25N3O3. The molecule has 2 rings (SSSR count). The quantitative estimate of drug-likeness (QED) is 0.785. The largest absolute Gasteiger partial charge is 0.348 e. The number of carbonyl (C=O) groups is 3. The number of carbonyl (C=O) groups excluding carboxylic acids is 3. The molecule has 6 nitrogen and oxygen atoms in total. The Morgan fingerprint density at radius 1 is 1.21 bits per heavy atom. The zero-order valence-corrected chi connectivity index (χ0v) is 14.6. The average molecular weight is 331 g/mol. The fourth-order valence-electron chi connectivity index (χ4n) is 2.78. The van der Waals surface area contributed by atoms with Gasteiger partial charge in [0.1, 0.15) is 12.1 Å². The Kier molecular flexibility index (Phi) is 5.26. The lowest BCUT2D eigenvalue weighted by molar-refractivity contribution is -0.134. The van der Waals surface area contributed by atoms with Crippen molar-refractivity contribution in [1.29, 1.82) is 0 Å². The van der Waals surface area contributed by atoms with Crippen LogP contribution in [0.1, 0.15) is 45.7 Å². The summed E-state index contributed by atoms with van der Waals surface area (Å²) in [5, 5.41) is 5.52. The number of hydrogen-bond acceptors (Lipinski definition) is 3. The van der Waals surface area contributed by atoms with Gasteiger partial charge >= 0.3 is 6.03 Å². The molecule has 130 valence electrons. The standard InChI is InChI=1S/C18H25N3O3/c1-12(2)10-14(13-8-6-5-7-9-13)19-15(22)11-21-16(23)18(3,4)20-17(21)24/h5-9,12,14H,10-11H2,1-4H3,(H,19,22)(H,20,24)/t14-/m0/s1. The maximum absolute atomic E-state index is 12.4. The van der Waals surface area contributed by atoms with Crippen molar-refractivity contribution in [3.8, 4) is 0 Å². The summed E-state index contributed by atoms with van der Waals surface area (Å²) in [4.78, 5) is 37.4. The predicted molar refractivity (Wildman–Crippen MR) is 91.1 cm³/mol. The first-order valence-corrected chi connectivity index (χ1v) is 8.19. The van der Waals surface area contributed by atoms with Gasteiger partial charge in [-0.25, -0.2) is 4.79 Å². The molecule has 0 radical (unpaired) electrons. The van der Waals surface area contributed by atoms with Crippen LogP contribution in [0.5, 0.6) is 0 Å². The van der Waals surface area contributed by atoms with Gasteiger partial charge in [0, 0.05) is 0 Å². The highest BCUT2D eigenvalue weighted by atomic mass is 16.2. The number of hydrogen-bond donors (Lipinski definition) is 2. The summed E-state index contributed by atoms with van der Waals surface area (Å²) in [6, 6.07) is 9.03. The Morgan fingerprint density at radius 3 is 2.33 bits per heavy atom. The Labute approximate surface area is 142 Å². The first kappa shape index (κ1) is 18.0. The zero-order valence-electron chi connectivity index (χ0n) is 14.6. The van der Waals surface area contributed by atoms with Gasteiger partial charge in [0.05, 0.1) is 6.04 Å². The van der Waals surface area contributed by atoms with Crippen LogP contribution < -0.4 is 10.6 Å². The summed E-state index contributed by atoms with van der Waals surface area (Å²) >= 11 is 0. The van der Waals surface area contributed by atoms with Crippen LogP contribution in [0.25, 0.3) is 0 Å². The lowest BCUT2D eigenvalue weighted by atomic mass is 9.97. The van der Waals surface area contributed by atoms with E-state index in [-0.39, 0.29) is 24.4 Å². The van der Waals surface area contributed by atoms with Gasteiger partial charge in [0.25, 0.3) is 5.91 Å². The van der Waals surface area contributed by atoms with Crippen molar-refractivity contribution in [1.82, 2.24) is 15.5 Å². The number of benzene rings is 1. The molecule has 24 heavy (non-hydrogen) atoms. The van der Waals surface area contributed by atoms with Crippen molar-refractivity contribution < 1.29 is 14.4 Å². The third kappa shape index (κ3) is 4.13. The first-order valence-electron chi connectivity index (χ1n) is 8.19. The van der Waals surface area contributed by atoms with Crippen molar-refractivity contribution in [3.05, 3.63) is 35.9 Å². The molecule has 1 aromatic rings. The number of rotatable bonds is 6. The highest BCUT2D eigenvalue weighted by Crippen LogP contribution is 2.21. The molecule has 6 heteroatoms. The second-order valence-electron chi connectivity index (χ2n) is 7.11. The molecule has 1 aliphatic rings. The molecule has 4 amide bonds. The van der Waals surface area contributed by atoms with Crippen molar-refractivity contribution in [3.63, 3.8) is 0 Å². The molecule has 0 aromatic heterocycles. The summed E-state index contributed by atoms with van der Waals surface area (Å²) < 4.78 is 0. The van der Waals surface area contributed by atoms with Crippen LogP contribution in [0.4, 0.5) is 4.79 Å².